The zero-order chi connectivity index (χ0) is 19.1. The van der Waals surface area contributed by atoms with E-state index in [-0.39, 0.29) is 28.6 Å². The van der Waals surface area contributed by atoms with Gasteiger partial charge in [-0.2, -0.15) is 0 Å². The van der Waals surface area contributed by atoms with Crippen molar-refractivity contribution >= 4 is 29.1 Å². The lowest BCUT2D eigenvalue weighted by Gasteiger charge is -2.32. The molecule has 0 amide bonds. The van der Waals surface area contributed by atoms with Gasteiger partial charge in [-0.3, -0.25) is 0 Å². The number of rotatable bonds is 7. The molecule has 0 saturated carbocycles. The van der Waals surface area contributed by atoms with E-state index in [1.165, 1.54) is 15.9 Å². The molecule has 1 unspecified atom stereocenters. The summed E-state index contributed by atoms with van der Waals surface area (Å²) in [5.41, 5.74) is -0.218. The summed E-state index contributed by atoms with van der Waals surface area (Å²) in [6.45, 7) is 4.36. The number of esters is 1. The molecule has 0 fully saturated rings. The average molecular weight is 457 g/mol. The van der Waals surface area contributed by atoms with Crippen LogP contribution >= 0.6 is 7.26 Å². The van der Waals surface area contributed by atoms with Crippen molar-refractivity contribution in [3.63, 3.8) is 0 Å². The SMILES string of the molecule is CCOC(=O)C(CC)[P+](c1ccccc1)(c1ccccc1)c1ccccc1.[Br-]. The number of benzene rings is 3. The topological polar surface area (TPSA) is 26.3 Å². The Morgan fingerprint density at radius 3 is 1.39 bits per heavy atom. The van der Waals surface area contributed by atoms with Crippen molar-refractivity contribution in [3.8, 4) is 0 Å². The summed E-state index contributed by atoms with van der Waals surface area (Å²) in [5.74, 6) is -0.107. The first-order valence-corrected chi connectivity index (χ1v) is 11.3. The van der Waals surface area contributed by atoms with Crippen LogP contribution in [0.5, 0.6) is 0 Å². The van der Waals surface area contributed by atoms with Gasteiger partial charge in [-0.15, -0.1) is 0 Å². The van der Waals surface area contributed by atoms with E-state index >= 15 is 0 Å². The van der Waals surface area contributed by atoms with Crippen LogP contribution in [0.1, 0.15) is 20.3 Å². The van der Waals surface area contributed by atoms with E-state index in [0.29, 0.717) is 6.61 Å². The van der Waals surface area contributed by atoms with Gasteiger partial charge in [0.1, 0.15) is 23.2 Å². The van der Waals surface area contributed by atoms with Crippen molar-refractivity contribution in [2.24, 2.45) is 0 Å². The van der Waals surface area contributed by atoms with Crippen LogP contribution in [-0.2, 0) is 9.53 Å². The summed E-state index contributed by atoms with van der Waals surface area (Å²) in [7, 11) is -2.22. The summed E-state index contributed by atoms with van der Waals surface area (Å²) in [5, 5.41) is 3.63. The smallest absolute Gasteiger partial charge is 0.348 e. The Labute approximate surface area is 179 Å². The second-order valence-electron chi connectivity index (χ2n) is 6.41. The van der Waals surface area contributed by atoms with Gasteiger partial charge < -0.3 is 21.7 Å². The fraction of sp³-hybridized carbons (Fsp3) is 0.208. The molecular formula is C24H26BrO2P. The molecular weight excluding hydrogens is 431 g/mol. The van der Waals surface area contributed by atoms with Crippen molar-refractivity contribution in [1.82, 2.24) is 0 Å². The molecule has 0 aliphatic carbocycles. The van der Waals surface area contributed by atoms with Crippen molar-refractivity contribution < 1.29 is 26.5 Å². The van der Waals surface area contributed by atoms with Crippen molar-refractivity contribution in [3.05, 3.63) is 91.0 Å². The number of hydrogen-bond donors (Lipinski definition) is 0. The molecule has 146 valence electrons. The molecule has 0 N–H and O–H groups in total. The molecule has 0 spiro atoms. The van der Waals surface area contributed by atoms with E-state index in [2.05, 4.69) is 79.7 Å². The van der Waals surface area contributed by atoms with Crippen LogP contribution in [0.3, 0.4) is 0 Å². The quantitative estimate of drug-likeness (QED) is 0.396. The number of ether oxygens (including phenoxy) is 1. The molecule has 2 nitrogen and oxygen atoms in total. The maximum atomic E-state index is 13.1. The lowest BCUT2D eigenvalue weighted by atomic mass is 10.3. The van der Waals surface area contributed by atoms with Gasteiger partial charge in [-0.1, -0.05) is 61.5 Å². The third kappa shape index (κ3) is 4.21. The van der Waals surface area contributed by atoms with E-state index in [4.69, 9.17) is 4.74 Å². The van der Waals surface area contributed by atoms with E-state index in [1.54, 1.807) is 0 Å². The Balaban J connectivity index is 0.00000280. The maximum Gasteiger partial charge on any atom is 0.348 e. The Bertz CT molecular complexity index is 757. The summed E-state index contributed by atoms with van der Waals surface area (Å²) >= 11 is 0. The first kappa shape index (κ1) is 22.3. The summed E-state index contributed by atoms with van der Waals surface area (Å²) < 4.78 is 5.55. The minimum Gasteiger partial charge on any atom is -1.00 e. The van der Waals surface area contributed by atoms with Crippen molar-refractivity contribution in [2.75, 3.05) is 6.61 Å². The molecule has 0 saturated heterocycles. The second kappa shape index (κ2) is 10.5. The van der Waals surface area contributed by atoms with Crippen LogP contribution in [0.25, 0.3) is 0 Å². The fourth-order valence-electron chi connectivity index (χ4n) is 3.81. The highest BCUT2D eigenvalue weighted by molar-refractivity contribution is 7.96. The fourth-order valence-corrected chi connectivity index (χ4v) is 8.65. The third-order valence-corrected chi connectivity index (χ3v) is 9.75. The van der Waals surface area contributed by atoms with Gasteiger partial charge >= 0.3 is 5.97 Å². The molecule has 3 aromatic carbocycles. The first-order chi connectivity index (χ1) is 13.2. The zero-order valence-electron chi connectivity index (χ0n) is 16.3. The maximum absolute atomic E-state index is 13.1. The lowest BCUT2D eigenvalue weighted by molar-refractivity contribution is -0.142. The molecule has 3 rings (SSSR count). The van der Waals surface area contributed by atoms with Gasteiger partial charge in [0.2, 0.25) is 0 Å². The standard InChI is InChI=1S/C24H26O2P.BrH/c1-3-23(24(25)26-4-2)27(20-14-8-5-9-15-20,21-16-10-6-11-17-21)22-18-12-7-13-19-22;/h5-19,23H,3-4H2,1-2H3;1H/q+1;/p-1. The highest BCUT2D eigenvalue weighted by Gasteiger charge is 2.55. The predicted octanol–water partition coefficient (Wildman–Crippen LogP) is 1.33. The van der Waals surface area contributed by atoms with E-state index in [9.17, 15) is 4.79 Å². The van der Waals surface area contributed by atoms with Crippen molar-refractivity contribution in [1.29, 1.82) is 0 Å². The van der Waals surface area contributed by atoms with Crippen LogP contribution in [0.15, 0.2) is 91.0 Å². The zero-order valence-corrected chi connectivity index (χ0v) is 18.8. The van der Waals surface area contributed by atoms with Gasteiger partial charge in [0.25, 0.3) is 0 Å². The molecule has 0 heterocycles. The summed E-state index contributed by atoms with van der Waals surface area (Å²) in [6.07, 6.45) is 0.727. The lowest BCUT2D eigenvalue weighted by Crippen LogP contribution is -3.00. The monoisotopic (exact) mass is 456 g/mol. The minimum atomic E-state index is -2.22. The van der Waals surface area contributed by atoms with E-state index < -0.39 is 7.26 Å². The Morgan fingerprint density at radius 2 is 1.11 bits per heavy atom. The van der Waals surface area contributed by atoms with Crippen LogP contribution in [0.2, 0.25) is 0 Å². The number of hydrogen-bond acceptors (Lipinski definition) is 2. The highest BCUT2D eigenvalue weighted by Crippen LogP contribution is 2.61. The largest absolute Gasteiger partial charge is 1.00 e. The molecule has 0 bridgehead atoms. The Kier molecular flexibility index (Phi) is 8.41. The van der Waals surface area contributed by atoms with Crippen molar-refractivity contribution in [2.45, 2.75) is 25.9 Å². The van der Waals surface area contributed by atoms with Crippen LogP contribution in [0.4, 0.5) is 0 Å². The van der Waals surface area contributed by atoms with Crippen LogP contribution in [-0.4, -0.2) is 18.2 Å². The number of halogens is 1. The van der Waals surface area contributed by atoms with Gasteiger partial charge in [0, 0.05) is 0 Å². The van der Waals surface area contributed by atoms with E-state index in [0.717, 1.165) is 6.42 Å². The molecule has 4 heteroatoms. The predicted molar refractivity (Wildman–Crippen MR) is 116 cm³/mol. The van der Waals surface area contributed by atoms with E-state index in [1.807, 2.05) is 25.1 Å². The van der Waals surface area contributed by atoms with Gasteiger partial charge in [0.05, 0.1) is 6.61 Å². The van der Waals surface area contributed by atoms with Gasteiger partial charge in [-0.05, 0) is 49.7 Å². The summed E-state index contributed by atoms with van der Waals surface area (Å²) in [6, 6.07) is 31.4. The van der Waals surface area contributed by atoms with Crippen LogP contribution < -0.4 is 32.9 Å². The normalized spacial score (nSPS) is 11.9. The molecule has 1 atom stereocenters. The molecule has 3 aromatic rings. The number of carbonyl (C=O) groups is 1. The molecule has 0 aliphatic heterocycles. The Morgan fingerprint density at radius 1 is 0.750 bits per heavy atom. The van der Waals surface area contributed by atoms with Crippen LogP contribution in [0, 0.1) is 0 Å². The third-order valence-electron chi connectivity index (χ3n) is 4.90. The van der Waals surface area contributed by atoms with Gasteiger partial charge in [0.15, 0.2) is 5.66 Å². The number of carbonyl (C=O) groups excluding carboxylic acids is 1. The van der Waals surface area contributed by atoms with Gasteiger partial charge in [-0.25, -0.2) is 4.79 Å². The summed E-state index contributed by atoms with van der Waals surface area (Å²) in [4.78, 5) is 13.1. The molecule has 28 heavy (non-hydrogen) atoms. The molecule has 0 aliphatic rings. The highest BCUT2D eigenvalue weighted by atomic mass is 79.9. The second-order valence-corrected chi connectivity index (χ2v) is 10.0. The minimum absolute atomic E-state index is 0. The average Bonchev–Trinajstić information content (AvgIpc) is 2.74. The molecule has 0 radical (unpaired) electrons. The first-order valence-electron chi connectivity index (χ1n) is 9.47. The molecule has 0 aromatic heterocycles. The Hall–Kier alpha value is -1.96.